The van der Waals surface area contributed by atoms with Crippen LogP contribution in [0.15, 0.2) is 10.5 Å². The van der Waals surface area contributed by atoms with E-state index in [9.17, 15) is 8.78 Å². The van der Waals surface area contributed by atoms with Crippen molar-refractivity contribution in [1.82, 2.24) is 4.98 Å². The van der Waals surface area contributed by atoms with Gasteiger partial charge >= 0.3 is 0 Å². The summed E-state index contributed by atoms with van der Waals surface area (Å²) in [6.45, 7) is 1.58. The first kappa shape index (κ1) is 10.3. The number of rotatable bonds is 1. The lowest BCUT2D eigenvalue weighted by atomic mass is 10.2. The third-order valence-corrected chi connectivity index (χ3v) is 3.57. The van der Waals surface area contributed by atoms with Crippen molar-refractivity contribution < 1.29 is 8.78 Å². The zero-order chi connectivity index (χ0) is 9.30. The predicted octanol–water partition coefficient (Wildman–Crippen LogP) is 3.69. The van der Waals surface area contributed by atoms with Crippen molar-refractivity contribution in [2.24, 2.45) is 0 Å². The van der Waals surface area contributed by atoms with E-state index in [1.54, 1.807) is 6.92 Å². The lowest BCUT2D eigenvalue weighted by Crippen LogP contribution is -1.95. The molecule has 12 heavy (non-hydrogen) atoms. The van der Waals surface area contributed by atoms with Crippen molar-refractivity contribution in [2.45, 2.75) is 13.3 Å². The van der Waals surface area contributed by atoms with E-state index < -0.39 is 6.43 Å². The molecule has 0 atom stereocenters. The van der Waals surface area contributed by atoms with E-state index in [1.807, 2.05) is 22.6 Å². The Morgan fingerprint density at radius 1 is 1.58 bits per heavy atom. The molecule has 0 fully saturated rings. The molecule has 0 spiro atoms. The summed E-state index contributed by atoms with van der Waals surface area (Å²) < 4.78 is 25.9. The number of halogens is 4. The summed E-state index contributed by atoms with van der Waals surface area (Å²) >= 11 is 5.13. The van der Waals surface area contributed by atoms with Crippen LogP contribution in [0.1, 0.15) is 17.7 Å². The molecule has 0 aliphatic carbocycles. The van der Waals surface area contributed by atoms with E-state index >= 15 is 0 Å². The maximum Gasteiger partial charge on any atom is 0.265 e. The summed E-state index contributed by atoms with van der Waals surface area (Å²) in [5.41, 5.74) is 0.375. The van der Waals surface area contributed by atoms with Crippen molar-refractivity contribution in [3.63, 3.8) is 0 Å². The minimum Gasteiger partial charge on any atom is -0.246 e. The minimum atomic E-state index is -2.45. The van der Waals surface area contributed by atoms with Gasteiger partial charge in [0.15, 0.2) is 0 Å². The van der Waals surface area contributed by atoms with Crippen LogP contribution in [0.2, 0.25) is 0 Å². The van der Waals surface area contributed by atoms with Crippen LogP contribution in [0.5, 0.6) is 0 Å². The molecule has 0 aliphatic heterocycles. The first-order valence-corrected chi connectivity index (χ1v) is 5.00. The molecular weight excluding hydrogens is 343 g/mol. The largest absolute Gasteiger partial charge is 0.265 e. The quantitative estimate of drug-likeness (QED) is 0.557. The molecule has 0 radical (unpaired) electrons. The summed E-state index contributed by atoms with van der Waals surface area (Å²) in [5, 5.41) is 0. The highest BCUT2D eigenvalue weighted by atomic mass is 127. The Morgan fingerprint density at radius 3 is 2.67 bits per heavy atom. The predicted molar refractivity (Wildman–Crippen MR) is 54.3 cm³/mol. The third-order valence-electron chi connectivity index (χ3n) is 1.40. The molecule has 0 aliphatic rings. The average molecular weight is 348 g/mol. The van der Waals surface area contributed by atoms with Gasteiger partial charge in [-0.3, -0.25) is 0 Å². The molecule has 5 heteroatoms. The zero-order valence-corrected chi connectivity index (χ0v) is 9.86. The molecule has 0 N–H and O–H groups in total. The van der Waals surface area contributed by atoms with Crippen LogP contribution in [-0.2, 0) is 0 Å². The normalized spacial score (nSPS) is 10.8. The summed E-state index contributed by atoms with van der Waals surface area (Å²) in [5.74, 6) is 0. The van der Waals surface area contributed by atoms with Gasteiger partial charge in [-0.05, 0) is 51.5 Å². The smallest absolute Gasteiger partial charge is 0.246 e. The van der Waals surface area contributed by atoms with Gasteiger partial charge < -0.3 is 0 Å². The summed E-state index contributed by atoms with van der Waals surface area (Å²) in [4.78, 5) is 3.95. The zero-order valence-electron chi connectivity index (χ0n) is 6.11. The van der Waals surface area contributed by atoms with Crippen LogP contribution < -0.4 is 0 Å². The van der Waals surface area contributed by atoms with E-state index in [-0.39, 0.29) is 5.56 Å². The molecule has 66 valence electrons. The minimum absolute atomic E-state index is 0.0118. The Hall–Kier alpha value is 0.220. The molecule has 1 aromatic rings. The topological polar surface area (TPSA) is 12.9 Å². The van der Waals surface area contributed by atoms with E-state index in [4.69, 9.17) is 0 Å². The molecule has 1 rings (SSSR count). The van der Waals surface area contributed by atoms with Gasteiger partial charge in [0.05, 0.1) is 0 Å². The maximum atomic E-state index is 12.3. The molecule has 0 aromatic carbocycles. The average Bonchev–Trinajstić information content (AvgIpc) is 1.96. The van der Waals surface area contributed by atoms with Gasteiger partial charge in [-0.1, -0.05) is 0 Å². The molecule has 1 heterocycles. The molecule has 1 nitrogen and oxygen atoms in total. The number of pyridine rings is 1. The number of aromatic nitrogens is 1. The Bertz CT molecular complexity index is 304. The van der Waals surface area contributed by atoms with Crippen LogP contribution in [-0.4, -0.2) is 4.98 Å². The van der Waals surface area contributed by atoms with Crippen molar-refractivity contribution in [1.29, 1.82) is 0 Å². The summed E-state index contributed by atoms with van der Waals surface area (Å²) in [6.07, 6.45) is -2.45. The number of alkyl halides is 2. The monoisotopic (exact) mass is 347 g/mol. The maximum absolute atomic E-state index is 12.3. The fraction of sp³-hybridized carbons (Fsp3) is 0.286. The fourth-order valence-electron chi connectivity index (χ4n) is 0.787. The second kappa shape index (κ2) is 3.95. The molecule has 0 bridgehead atoms. The van der Waals surface area contributed by atoms with Crippen LogP contribution in [0.4, 0.5) is 8.78 Å². The van der Waals surface area contributed by atoms with Crippen LogP contribution >= 0.6 is 38.5 Å². The standard InChI is InChI=1S/C7H5BrF2IN/c1-3-4(6(9)10)2-5(8)7(11)12-3/h2,6H,1H3. The molecule has 0 saturated carbocycles. The Kier molecular flexibility index (Phi) is 3.39. The van der Waals surface area contributed by atoms with Gasteiger partial charge in [0, 0.05) is 15.7 Å². The molecule has 0 saturated heterocycles. The lowest BCUT2D eigenvalue weighted by molar-refractivity contribution is 0.150. The SMILES string of the molecule is Cc1nc(I)c(Br)cc1C(F)F. The summed E-state index contributed by atoms with van der Waals surface area (Å²) in [7, 11) is 0. The second-order valence-electron chi connectivity index (χ2n) is 2.24. The van der Waals surface area contributed by atoms with E-state index in [0.29, 0.717) is 13.9 Å². The second-order valence-corrected chi connectivity index (χ2v) is 4.11. The third kappa shape index (κ3) is 2.12. The van der Waals surface area contributed by atoms with Crippen molar-refractivity contribution >= 4 is 38.5 Å². The van der Waals surface area contributed by atoms with Gasteiger partial charge in [0.25, 0.3) is 6.43 Å². The first-order chi connectivity index (χ1) is 5.52. The van der Waals surface area contributed by atoms with Gasteiger partial charge in [-0.2, -0.15) is 0 Å². The van der Waals surface area contributed by atoms with Gasteiger partial charge in [0.2, 0.25) is 0 Å². The van der Waals surface area contributed by atoms with Crippen molar-refractivity contribution in [2.75, 3.05) is 0 Å². The highest BCUT2D eigenvalue weighted by molar-refractivity contribution is 14.1. The van der Waals surface area contributed by atoms with Gasteiger partial charge in [-0.25, -0.2) is 13.8 Å². The molecular formula is C7H5BrF2IN. The fourth-order valence-corrected chi connectivity index (χ4v) is 1.64. The van der Waals surface area contributed by atoms with E-state index in [0.717, 1.165) is 0 Å². The number of aryl methyl sites for hydroxylation is 1. The van der Waals surface area contributed by atoms with E-state index in [1.165, 1.54) is 6.07 Å². The first-order valence-electron chi connectivity index (χ1n) is 3.13. The Morgan fingerprint density at radius 2 is 2.17 bits per heavy atom. The van der Waals surface area contributed by atoms with Crippen molar-refractivity contribution in [3.05, 3.63) is 25.5 Å². The summed E-state index contributed by atoms with van der Waals surface area (Å²) in [6, 6.07) is 1.41. The Labute approximate surface area is 90.8 Å². The van der Waals surface area contributed by atoms with Gasteiger partial charge in [-0.15, -0.1) is 0 Å². The highest BCUT2D eigenvalue weighted by Gasteiger charge is 2.13. The lowest BCUT2D eigenvalue weighted by Gasteiger charge is -2.05. The molecule has 0 amide bonds. The van der Waals surface area contributed by atoms with Crippen LogP contribution in [0, 0.1) is 10.6 Å². The molecule has 0 unspecified atom stereocenters. The molecule has 1 aromatic heterocycles. The van der Waals surface area contributed by atoms with Gasteiger partial charge in [0.1, 0.15) is 3.70 Å². The van der Waals surface area contributed by atoms with E-state index in [2.05, 4.69) is 20.9 Å². The number of hydrogen-bond donors (Lipinski definition) is 0. The number of hydrogen-bond acceptors (Lipinski definition) is 1. The number of nitrogens with zero attached hydrogens (tertiary/aromatic N) is 1. The van der Waals surface area contributed by atoms with Crippen LogP contribution in [0.25, 0.3) is 0 Å². The highest BCUT2D eigenvalue weighted by Crippen LogP contribution is 2.27. The van der Waals surface area contributed by atoms with Crippen LogP contribution in [0.3, 0.4) is 0 Å². The Balaban J connectivity index is 3.23. The van der Waals surface area contributed by atoms with Crippen molar-refractivity contribution in [3.8, 4) is 0 Å².